The molecule has 0 aromatic heterocycles. The number of benzene rings is 1. The summed E-state index contributed by atoms with van der Waals surface area (Å²) in [7, 11) is 1.34. The van der Waals surface area contributed by atoms with Crippen molar-refractivity contribution in [3.05, 3.63) is 29.3 Å². The highest BCUT2D eigenvalue weighted by Crippen LogP contribution is 2.51. The molecule has 1 aromatic rings. The Bertz CT molecular complexity index is 478. The van der Waals surface area contributed by atoms with Gasteiger partial charge in [0.1, 0.15) is 5.75 Å². The van der Waals surface area contributed by atoms with Gasteiger partial charge in [-0.1, -0.05) is 12.0 Å². The zero-order chi connectivity index (χ0) is 12.7. The Balaban J connectivity index is 2.57. The highest BCUT2D eigenvalue weighted by Gasteiger charge is 2.48. The highest BCUT2D eigenvalue weighted by molar-refractivity contribution is 5.49. The number of ether oxygens (including phenoxy) is 1. The Hall–Kier alpha value is -1.63. The molecule has 0 amide bonds. The standard InChI is InChI=1S/C13H11F3O/c1-3-12(6-7-12)10-5-4-9(17-2)8-11(10)13(14,15)16/h1,4-5,8H,6-7H2,2H3. The molecule has 1 aliphatic rings. The molecule has 0 unspecified atom stereocenters. The smallest absolute Gasteiger partial charge is 0.416 e. The first-order chi connectivity index (χ1) is 7.93. The second-order valence-corrected chi connectivity index (χ2v) is 4.14. The molecule has 1 aromatic carbocycles. The lowest BCUT2D eigenvalue weighted by atomic mass is 9.91. The molecule has 0 heterocycles. The first-order valence-electron chi connectivity index (χ1n) is 5.16. The van der Waals surface area contributed by atoms with Crippen LogP contribution < -0.4 is 4.74 Å². The van der Waals surface area contributed by atoms with Crippen molar-refractivity contribution in [3.63, 3.8) is 0 Å². The van der Waals surface area contributed by atoms with Crippen LogP contribution in [0, 0.1) is 12.3 Å². The van der Waals surface area contributed by atoms with Crippen LogP contribution in [0.15, 0.2) is 18.2 Å². The number of halogens is 3. The molecule has 1 nitrogen and oxygen atoms in total. The maximum absolute atomic E-state index is 12.9. The Morgan fingerprint density at radius 1 is 1.35 bits per heavy atom. The van der Waals surface area contributed by atoms with E-state index >= 15 is 0 Å². The van der Waals surface area contributed by atoms with E-state index in [0.717, 1.165) is 6.07 Å². The van der Waals surface area contributed by atoms with E-state index in [4.69, 9.17) is 11.2 Å². The SMILES string of the molecule is C#CC1(c2ccc(OC)cc2C(F)(F)F)CC1. The lowest BCUT2D eigenvalue weighted by molar-refractivity contribution is -0.138. The molecule has 0 aliphatic heterocycles. The van der Waals surface area contributed by atoms with Gasteiger partial charge in [-0.15, -0.1) is 6.42 Å². The summed E-state index contributed by atoms with van der Waals surface area (Å²) in [5.41, 5.74) is -1.22. The van der Waals surface area contributed by atoms with Gasteiger partial charge in [0, 0.05) is 0 Å². The van der Waals surface area contributed by atoms with Gasteiger partial charge in [-0.2, -0.15) is 13.2 Å². The number of methoxy groups -OCH3 is 1. The van der Waals surface area contributed by atoms with E-state index in [1.54, 1.807) is 0 Å². The van der Waals surface area contributed by atoms with Gasteiger partial charge in [-0.05, 0) is 30.5 Å². The zero-order valence-electron chi connectivity index (χ0n) is 9.27. The molecule has 17 heavy (non-hydrogen) atoms. The summed E-state index contributed by atoms with van der Waals surface area (Å²) < 4.78 is 43.6. The van der Waals surface area contributed by atoms with Crippen LogP contribution in [0.25, 0.3) is 0 Å². The summed E-state index contributed by atoms with van der Waals surface area (Å²) in [6, 6.07) is 3.95. The molecule has 1 saturated carbocycles. The predicted molar refractivity (Wildman–Crippen MR) is 57.7 cm³/mol. The minimum absolute atomic E-state index is 0.188. The van der Waals surface area contributed by atoms with Crippen molar-refractivity contribution >= 4 is 0 Å². The highest BCUT2D eigenvalue weighted by atomic mass is 19.4. The Morgan fingerprint density at radius 3 is 2.41 bits per heavy atom. The van der Waals surface area contributed by atoms with Crippen molar-refractivity contribution < 1.29 is 17.9 Å². The molecule has 0 bridgehead atoms. The average molecular weight is 240 g/mol. The van der Waals surface area contributed by atoms with Gasteiger partial charge < -0.3 is 4.74 Å². The van der Waals surface area contributed by atoms with Crippen LogP contribution in [0.1, 0.15) is 24.0 Å². The van der Waals surface area contributed by atoms with Crippen LogP contribution in [0.3, 0.4) is 0 Å². The molecular weight excluding hydrogens is 229 g/mol. The van der Waals surface area contributed by atoms with Crippen LogP contribution >= 0.6 is 0 Å². The Morgan fingerprint density at radius 2 is 2.00 bits per heavy atom. The summed E-state index contributed by atoms with van der Waals surface area (Å²) in [4.78, 5) is 0. The third-order valence-corrected chi connectivity index (χ3v) is 3.07. The molecule has 0 N–H and O–H groups in total. The van der Waals surface area contributed by atoms with Crippen LogP contribution in [0.4, 0.5) is 13.2 Å². The fourth-order valence-corrected chi connectivity index (χ4v) is 1.92. The van der Waals surface area contributed by atoms with E-state index in [2.05, 4.69) is 5.92 Å². The first-order valence-corrected chi connectivity index (χ1v) is 5.16. The van der Waals surface area contributed by atoms with Gasteiger partial charge in [0.15, 0.2) is 0 Å². The molecule has 0 spiro atoms. The number of terminal acetylenes is 1. The average Bonchev–Trinajstić information content (AvgIpc) is 3.08. The number of hydrogen-bond donors (Lipinski definition) is 0. The van der Waals surface area contributed by atoms with Crippen molar-refractivity contribution in [2.75, 3.05) is 7.11 Å². The van der Waals surface area contributed by atoms with Crippen molar-refractivity contribution in [3.8, 4) is 18.1 Å². The molecule has 1 fully saturated rings. The first kappa shape index (κ1) is 11.8. The number of alkyl halides is 3. The summed E-state index contributed by atoms with van der Waals surface area (Å²) in [5.74, 6) is 2.67. The van der Waals surface area contributed by atoms with Crippen LogP contribution in [-0.4, -0.2) is 7.11 Å². The van der Waals surface area contributed by atoms with Gasteiger partial charge in [-0.3, -0.25) is 0 Å². The van der Waals surface area contributed by atoms with Crippen molar-refractivity contribution in [2.45, 2.75) is 24.4 Å². The second-order valence-electron chi connectivity index (χ2n) is 4.14. The lowest BCUT2D eigenvalue weighted by Gasteiger charge is -2.17. The van der Waals surface area contributed by atoms with Crippen LogP contribution in [-0.2, 0) is 11.6 Å². The fourth-order valence-electron chi connectivity index (χ4n) is 1.92. The van der Waals surface area contributed by atoms with Gasteiger partial charge >= 0.3 is 6.18 Å². The second kappa shape index (κ2) is 3.69. The van der Waals surface area contributed by atoms with Gasteiger partial charge in [-0.25, -0.2) is 0 Å². The fraction of sp³-hybridized carbons (Fsp3) is 0.385. The van der Waals surface area contributed by atoms with Gasteiger partial charge in [0.05, 0.1) is 18.1 Å². The van der Waals surface area contributed by atoms with E-state index in [1.807, 2.05) is 0 Å². The van der Waals surface area contributed by atoms with E-state index in [1.165, 1.54) is 19.2 Å². The molecule has 0 atom stereocenters. The van der Waals surface area contributed by atoms with Crippen molar-refractivity contribution in [1.82, 2.24) is 0 Å². The summed E-state index contributed by atoms with van der Waals surface area (Å²) >= 11 is 0. The van der Waals surface area contributed by atoms with E-state index in [0.29, 0.717) is 12.8 Å². The number of hydrogen-bond acceptors (Lipinski definition) is 1. The molecule has 0 saturated heterocycles. The Labute approximate surface area is 97.6 Å². The zero-order valence-corrected chi connectivity index (χ0v) is 9.27. The summed E-state index contributed by atoms with van der Waals surface area (Å²) in [6.07, 6.45) is 2.15. The number of rotatable bonds is 2. The summed E-state index contributed by atoms with van der Waals surface area (Å²) in [5, 5.41) is 0. The normalized spacial score (nSPS) is 17.4. The maximum atomic E-state index is 12.9. The predicted octanol–water partition coefficient (Wildman–Crippen LogP) is 3.38. The minimum atomic E-state index is -4.41. The third kappa shape index (κ3) is 1.97. The maximum Gasteiger partial charge on any atom is 0.416 e. The molecular formula is C13H11F3O. The van der Waals surface area contributed by atoms with E-state index in [9.17, 15) is 13.2 Å². The topological polar surface area (TPSA) is 9.23 Å². The summed E-state index contributed by atoms with van der Waals surface area (Å²) in [6.45, 7) is 0. The monoisotopic (exact) mass is 240 g/mol. The van der Waals surface area contributed by atoms with Gasteiger partial charge in [0.25, 0.3) is 0 Å². The van der Waals surface area contributed by atoms with Crippen LogP contribution in [0.2, 0.25) is 0 Å². The molecule has 90 valence electrons. The minimum Gasteiger partial charge on any atom is -0.497 e. The molecule has 0 radical (unpaired) electrons. The quantitative estimate of drug-likeness (QED) is 0.720. The van der Waals surface area contributed by atoms with Gasteiger partial charge in [0.2, 0.25) is 0 Å². The largest absolute Gasteiger partial charge is 0.497 e. The van der Waals surface area contributed by atoms with Crippen LogP contribution in [0.5, 0.6) is 5.75 Å². The molecule has 2 rings (SSSR count). The van der Waals surface area contributed by atoms with Crippen molar-refractivity contribution in [1.29, 1.82) is 0 Å². The Kier molecular flexibility index (Phi) is 2.57. The van der Waals surface area contributed by atoms with E-state index < -0.39 is 17.2 Å². The van der Waals surface area contributed by atoms with Crippen molar-refractivity contribution in [2.24, 2.45) is 0 Å². The molecule has 1 aliphatic carbocycles. The third-order valence-electron chi connectivity index (χ3n) is 3.07. The lowest BCUT2D eigenvalue weighted by Crippen LogP contribution is -2.15. The molecule has 4 heteroatoms. The van der Waals surface area contributed by atoms with E-state index in [-0.39, 0.29) is 11.3 Å².